The number of hydrogen-bond acceptors (Lipinski definition) is 2. The van der Waals surface area contributed by atoms with Gasteiger partial charge in [-0.1, -0.05) is 13.3 Å². The number of nitrogens with two attached hydrogens (primary N) is 1. The van der Waals surface area contributed by atoms with Crippen molar-refractivity contribution in [2.45, 2.75) is 19.8 Å². The Morgan fingerprint density at radius 2 is 2.33 bits per heavy atom. The van der Waals surface area contributed by atoms with Gasteiger partial charge in [-0.25, -0.2) is 9.80 Å². The van der Waals surface area contributed by atoms with Crippen molar-refractivity contribution in [1.82, 2.24) is 10.4 Å². The van der Waals surface area contributed by atoms with Crippen LogP contribution in [0.3, 0.4) is 0 Å². The van der Waals surface area contributed by atoms with Crippen molar-refractivity contribution >= 4 is 23.4 Å². The predicted octanol–water partition coefficient (Wildman–Crippen LogP) is 0.515. The Morgan fingerprint density at radius 1 is 1.75 bits per heavy atom. The summed E-state index contributed by atoms with van der Waals surface area (Å²) in [5, 5.41) is 9.54. The van der Waals surface area contributed by atoms with Crippen LogP contribution in [0.2, 0.25) is 0 Å². The predicted molar refractivity (Wildman–Crippen MR) is 49.6 cm³/mol. The Labute approximate surface area is 76.5 Å². The highest BCUT2D eigenvalue weighted by atomic mass is 32.1. The highest BCUT2D eigenvalue weighted by molar-refractivity contribution is 7.80. The summed E-state index contributed by atoms with van der Waals surface area (Å²) in [6, 6.07) is 0. The molecule has 12 heavy (non-hydrogen) atoms. The maximum Gasteiger partial charge on any atom is 0.426 e. The van der Waals surface area contributed by atoms with Gasteiger partial charge >= 0.3 is 6.09 Å². The number of thiocarbonyl (C=S) groups is 1. The normalized spacial score (nSPS) is 9.08. The van der Waals surface area contributed by atoms with Gasteiger partial charge in [-0.2, -0.15) is 0 Å². The molecule has 0 atom stereocenters. The zero-order chi connectivity index (χ0) is 9.56. The van der Waals surface area contributed by atoms with E-state index in [1.165, 1.54) is 0 Å². The topological polar surface area (TPSA) is 78.6 Å². The van der Waals surface area contributed by atoms with Crippen LogP contribution < -0.4 is 11.2 Å². The van der Waals surface area contributed by atoms with Crippen LogP contribution in [0.1, 0.15) is 19.8 Å². The van der Waals surface area contributed by atoms with E-state index in [0.717, 1.165) is 17.9 Å². The van der Waals surface area contributed by atoms with Crippen molar-refractivity contribution in [3.63, 3.8) is 0 Å². The van der Waals surface area contributed by atoms with Gasteiger partial charge in [0.15, 0.2) is 5.11 Å². The van der Waals surface area contributed by atoms with E-state index in [9.17, 15) is 4.79 Å². The van der Waals surface area contributed by atoms with Gasteiger partial charge in [-0.3, -0.25) is 5.43 Å². The summed E-state index contributed by atoms with van der Waals surface area (Å²) in [5.41, 5.74) is 7.48. The molecule has 0 fully saturated rings. The van der Waals surface area contributed by atoms with E-state index in [4.69, 9.17) is 10.8 Å². The van der Waals surface area contributed by atoms with Gasteiger partial charge in [-0.05, 0) is 18.6 Å². The first kappa shape index (κ1) is 11.0. The van der Waals surface area contributed by atoms with Crippen LogP contribution in [0, 0.1) is 0 Å². The van der Waals surface area contributed by atoms with Gasteiger partial charge in [0.2, 0.25) is 0 Å². The van der Waals surface area contributed by atoms with Crippen molar-refractivity contribution in [1.29, 1.82) is 0 Å². The zero-order valence-electron chi connectivity index (χ0n) is 6.91. The summed E-state index contributed by atoms with van der Waals surface area (Å²) >= 11 is 4.50. The molecule has 1 amide bonds. The van der Waals surface area contributed by atoms with Crippen LogP contribution in [0.15, 0.2) is 0 Å². The van der Waals surface area contributed by atoms with E-state index in [1.54, 1.807) is 0 Å². The van der Waals surface area contributed by atoms with E-state index < -0.39 is 6.09 Å². The largest absolute Gasteiger partial charge is 0.464 e. The summed E-state index contributed by atoms with van der Waals surface area (Å²) in [5.74, 6) is 0. The lowest BCUT2D eigenvalue weighted by molar-refractivity contribution is 0.133. The average molecular weight is 191 g/mol. The molecule has 0 unspecified atom stereocenters. The van der Waals surface area contributed by atoms with Crippen LogP contribution >= 0.6 is 12.2 Å². The van der Waals surface area contributed by atoms with Gasteiger partial charge in [0, 0.05) is 6.54 Å². The molecule has 0 aromatic rings. The van der Waals surface area contributed by atoms with E-state index in [2.05, 4.69) is 17.6 Å². The van der Waals surface area contributed by atoms with Crippen LogP contribution in [0.25, 0.3) is 0 Å². The first-order valence-electron chi connectivity index (χ1n) is 3.64. The van der Waals surface area contributed by atoms with Crippen LogP contribution in [-0.4, -0.2) is 27.9 Å². The zero-order valence-corrected chi connectivity index (χ0v) is 7.73. The fourth-order valence-electron chi connectivity index (χ4n) is 0.649. The molecule has 6 heteroatoms. The summed E-state index contributed by atoms with van der Waals surface area (Å²) in [6.07, 6.45) is 0.626. The first-order valence-corrected chi connectivity index (χ1v) is 4.05. The monoisotopic (exact) mass is 191 g/mol. The summed E-state index contributed by atoms with van der Waals surface area (Å²) in [7, 11) is 0. The molecule has 0 spiro atoms. The first-order chi connectivity index (χ1) is 5.57. The smallest absolute Gasteiger partial charge is 0.426 e. The molecule has 70 valence electrons. The molecular formula is C6H13N3O2S. The molecule has 0 aliphatic rings. The molecule has 0 aliphatic carbocycles. The molecule has 0 aromatic carbocycles. The van der Waals surface area contributed by atoms with Crippen molar-refractivity contribution in [2.75, 3.05) is 6.54 Å². The standard InChI is InChI=1S/C6H13N3O2S/c1-2-3-4-9(6(10)11)8-5(7)12/h2-4H2,1H3,(H,10,11)(H3,7,8,12). The molecule has 0 saturated heterocycles. The number of nitrogens with one attached hydrogen (secondary N) is 1. The Kier molecular flexibility index (Phi) is 5.11. The van der Waals surface area contributed by atoms with Gasteiger partial charge in [-0.15, -0.1) is 0 Å². The van der Waals surface area contributed by atoms with Crippen LogP contribution in [-0.2, 0) is 0 Å². The molecule has 0 aromatic heterocycles. The Morgan fingerprint density at radius 3 is 2.67 bits per heavy atom. The molecule has 0 saturated carbocycles. The number of rotatable bonds is 3. The third kappa shape index (κ3) is 4.73. The maximum absolute atomic E-state index is 10.5. The molecule has 0 heterocycles. The van der Waals surface area contributed by atoms with Gasteiger partial charge in [0.05, 0.1) is 0 Å². The third-order valence-corrected chi connectivity index (χ3v) is 1.30. The summed E-state index contributed by atoms with van der Waals surface area (Å²) < 4.78 is 0. The highest BCUT2D eigenvalue weighted by Gasteiger charge is 2.09. The minimum Gasteiger partial charge on any atom is -0.464 e. The average Bonchev–Trinajstić information content (AvgIpc) is 1.96. The lowest BCUT2D eigenvalue weighted by Gasteiger charge is -2.19. The number of amides is 1. The number of carboxylic acid groups (broad SMARTS) is 1. The SMILES string of the molecule is CCCCN(NC(N)=S)C(=O)O. The third-order valence-electron chi connectivity index (χ3n) is 1.21. The maximum atomic E-state index is 10.5. The molecule has 0 radical (unpaired) electrons. The number of carbonyl (C=O) groups is 1. The number of unbranched alkanes of at least 4 members (excludes halogenated alkanes) is 1. The quantitative estimate of drug-likeness (QED) is 0.447. The molecule has 5 nitrogen and oxygen atoms in total. The number of hydrogen-bond donors (Lipinski definition) is 3. The minimum absolute atomic E-state index is 0.0338. The summed E-state index contributed by atoms with van der Waals surface area (Å²) in [4.78, 5) is 10.5. The van der Waals surface area contributed by atoms with Gasteiger partial charge in [0.25, 0.3) is 0 Å². The number of nitrogens with zero attached hydrogens (tertiary/aromatic N) is 1. The molecule has 0 bridgehead atoms. The number of hydrazine groups is 1. The van der Waals surface area contributed by atoms with Crippen LogP contribution in [0.5, 0.6) is 0 Å². The fraction of sp³-hybridized carbons (Fsp3) is 0.667. The lowest BCUT2D eigenvalue weighted by atomic mass is 10.3. The van der Waals surface area contributed by atoms with Crippen molar-refractivity contribution in [3.8, 4) is 0 Å². The second-order valence-electron chi connectivity index (χ2n) is 2.26. The van der Waals surface area contributed by atoms with Crippen molar-refractivity contribution < 1.29 is 9.90 Å². The van der Waals surface area contributed by atoms with E-state index >= 15 is 0 Å². The van der Waals surface area contributed by atoms with E-state index in [0.29, 0.717) is 6.54 Å². The Balaban J connectivity index is 3.87. The summed E-state index contributed by atoms with van der Waals surface area (Å²) in [6.45, 7) is 2.37. The Bertz CT molecular complexity index is 174. The Hall–Kier alpha value is -1.04. The van der Waals surface area contributed by atoms with E-state index in [1.807, 2.05) is 6.92 Å². The van der Waals surface area contributed by atoms with Crippen molar-refractivity contribution in [3.05, 3.63) is 0 Å². The molecular weight excluding hydrogens is 178 g/mol. The van der Waals surface area contributed by atoms with Crippen molar-refractivity contribution in [2.24, 2.45) is 5.73 Å². The molecule has 0 rings (SSSR count). The lowest BCUT2D eigenvalue weighted by Crippen LogP contribution is -2.48. The van der Waals surface area contributed by atoms with E-state index in [-0.39, 0.29) is 5.11 Å². The second-order valence-corrected chi connectivity index (χ2v) is 2.70. The molecule has 4 N–H and O–H groups in total. The fourth-order valence-corrected chi connectivity index (χ4v) is 0.759. The highest BCUT2D eigenvalue weighted by Crippen LogP contribution is 1.91. The van der Waals surface area contributed by atoms with Gasteiger partial charge < -0.3 is 10.8 Å². The molecule has 0 aliphatic heterocycles. The minimum atomic E-state index is -1.07. The second kappa shape index (κ2) is 5.59. The van der Waals surface area contributed by atoms with Crippen LogP contribution in [0.4, 0.5) is 4.79 Å². The van der Waals surface area contributed by atoms with Gasteiger partial charge in [0.1, 0.15) is 0 Å².